The van der Waals surface area contributed by atoms with E-state index in [1.807, 2.05) is 6.07 Å². The molecule has 0 bridgehead atoms. The first kappa shape index (κ1) is 10.5. The van der Waals surface area contributed by atoms with Crippen molar-refractivity contribution in [3.63, 3.8) is 0 Å². The quantitative estimate of drug-likeness (QED) is 0.832. The smallest absolute Gasteiger partial charge is 0.0524 e. The van der Waals surface area contributed by atoms with E-state index in [1.54, 1.807) is 0 Å². The lowest BCUT2D eigenvalue weighted by atomic mass is 10.1. The minimum atomic E-state index is 0.678. The van der Waals surface area contributed by atoms with Crippen molar-refractivity contribution in [2.24, 2.45) is 12.8 Å². The Morgan fingerprint density at radius 2 is 2.13 bits per heavy atom. The monoisotopic (exact) mass is 222 g/mol. The third-order valence-corrected chi connectivity index (χ3v) is 3.29. The number of benzene rings is 1. The van der Waals surface area contributed by atoms with Gasteiger partial charge in [-0.3, -0.25) is 0 Å². The molecule has 0 aliphatic rings. The average Bonchev–Trinajstić information content (AvgIpc) is 2.52. The third kappa shape index (κ3) is 1.64. The Kier molecular flexibility index (Phi) is 2.72. The molecule has 0 aliphatic heterocycles. The summed E-state index contributed by atoms with van der Waals surface area (Å²) in [6.45, 7) is 2.73. The fourth-order valence-electron chi connectivity index (χ4n) is 2.07. The van der Waals surface area contributed by atoms with Crippen LogP contribution in [0.2, 0.25) is 5.02 Å². The van der Waals surface area contributed by atoms with E-state index in [9.17, 15) is 0 Å². The van der Waals surface area contributed by atoms with Crippen LogP contribution in [0.1, 0.15) is 11.3 Å². The van der Waals surface area contributed by atoms with E-state index in [0.717, 1.165) is 17.0 Å². The van der Waals surface area contributed by atoms with E-state index in [1.165, 1.54) is 16.6 Å². The predicted octanol–water partition coefficient (Wildman–Crippen LogP) is 2.64. The number of aryl methyl sites for hydroxylation is 2. The second-order valence-corrected chi connectivity index (χ2v) is 4.25. The van der Waals surface area contributed by atoms with Gasteiger partial charge < -0.3 is 10.3 Å². The van der Waals surface area contributed by atoms with Crippen LogP contribution in [-0.4, -0.2) is 11.1 Å². The van der Waals surface area contributed by atoms with Gasteiger partial charge in [-0.05, 0) is 37.6 Å². The van der Waals surface area contributed by atoms with Crippen LogP contribution in [0.15, 0.2) is 18.2 Å². The fourth-order valence-corrected chi connectivity index (χ4v) is 2.22. The van der Waals surface area contributed by atoms with Crippen molar-refractivity contribution in [2.75, 3.05) is 6.54 Å². The van der Waals surface area contributed by atoms with Crippen molar-refractivity contribution >= 4 is 22.5 Å². The number of rotatable bonds is 2. The summed E-state index contributed by atoms with van der Waals surface area (Å²) >= 11 is 6.11. The molecule has 0 spiro atoms. The molecule has 0 radical (unpaired) electrons. The van der Waals surface area contributed by atoms with Crippen molar-refractivity contribution in [3.8, 4) is 0 Å². The highest BCUT2D eigenvalue weighted by Gasteiger charge is 2.09. The zero-order valence-electron chi connectivity index (χ0n) is 9.05. The first-order chi connectivity index (χ1) is 7.15. The molecule has 80 valence electrons. The van der Waals surface area contributed by atoms with Gasteiger partial charge >= 0.3 is 0 Å². The van der Waals surface area contributed by atoms with Crippen molar-refractivity contribution in [2.45, 2.75) is 13.3 Å². The Morgan fingerprint density at radius 1 is 1.40 bits per heavy atom. The van der Waals surface area contributed by atoms with Crippen LogP contribution >= 0.6 is 11.6 Å². The van der Waals surface area contributed by atoms with Gasteiger partial charge in [0.05, 0.1) is 5.52 Å². The van der Waals surface area contributed by atoms with Gasteiger partial charge in [-0.2, -0.15) is 0 Å². The summed E-state index contributed by atoms with van der Waals surface area (Å²) in [5.74, 6) is 0. The molecule has 1 aromatic heterocycles. The van der Waals surface area contributed by atoms with Crippen LogP contribution in [0.4, 0.5) is 0 Å². The zero-order chi connectivity index (χ0) is 11.0. The summed E-state index contributed by atoms with van der Waals surface area (Å²) in [7, 11) is 2.07. The summed E-state index contributed by atoms with van der Waals surface area (Å²) in [4.78, 5) is 0. The Hall–Kier alpha value is -0.990. The Bertz CT molecular complexity index is 500. The van der Waals surface area contributed by atoms with E-state index in [0.29, 0.717) is 6.54 Å². The lowest BCUT2D eigenvalue weighted by Gasteiger charge is -2.05. The summed E-state index contributed by atoms with van der Waals surface area (Å²) in [6, 6.07) is 6.20. The van der Waals surface area contributed by atoms with Crippen molar-refractivity contribution in [1.29, 1.82) is 0 Å². The molecule has 0 amide bonds. The van der Waals surface area contributed by atoms with Gasteiger partial charge in [0, 0.05) is 23.2 Å². The van der Waals surface area contributed by atoms with Crippen molar-refractivity contribution < 1.29 is 0 Å². The van der Waals surface area contributed by atoms with Gasteiger partial charge in [0.2, 0.25) is 0 Å². The highest BCUT2D eigenvalue weighted by molar-refractivity contribution is 6.32. The van der Waals surface area contributed by atoms with Crippen LogP contribution < -0.4 is 5.73 Å². The maximum absolute atomic E-state index is 6.11. The molecule has 1 aromatic carbocycles. The second-order valence-electron chi connectivity index (χ2n) is 3.84. The number of nitrogens with zero attached hydrogens (tertiary/aromatic N) is 1. The number of hydrogen-bond acceptors (Lipinski definition) is 1. The molecule has 3 heteroatoms. The van der Waals surface area contributed by atoms with Crippen LogP contribution in [-0.2, 0) is 13.5 Å². The van der Waals surface area contributed by atoms with Crippen LogP contribution in [0.25, 0.3) is 10.9 Å². The largest absolute Gasteiger partial charge is 0.347 e. The number of aromatic nitrogens is 1. The fraction of sp³-hybridized carbons (Fsp3) is 0.333. The molecular formula is C12H15ClN2. The van der Waals surface area contributed by atoms with Crippen LogP contribution in [0, 0.1) is 6.92 Å². The van der Waals surface area contributed by atoms with Gasteiger partial charge in [0.25, 0.3) is 0 Å². The maximum Gasteiger partial charge on any atom is 0.0524 e. The maximum atomic E-state index is 6.11. The third-order valence-electron chi connectivity index (χ3n) is 2.88. The minimum Gasteiger partial charge on any atom is -0.347 e. The molecule has 1 heterocycles. The number of fused-ring (bicyclic) bond motifs is 1. The van der Waals surface area contributed by atoms with Gasteiger partial charge in [0.1, 0.15) is 0 Å². The molecule has 0 saturated carbocycles. The molecule has 0 fully saturated rings. The Morgan fingerprint density at radius 3 is 2.80 bits per heavy atom. The molecule has 0 aliphatic carbocycles. The van der Waals surface area contributed by atoms with Crippen molar-refractivity contribution in [1.82, 2.24) is 4.57 Å². The predicted molar refractivity (Wildman–Crippen MR) is 65.4 cm³/mol. The molecule has 2 rings (SSSR count). The summed E-state index contributed by atoms with van der Waals surface area (Å²) in [5, 5.41) is 2.06. The standard InChI is InChI=1S/C12H15ClN2/c1-8-11(13)4-3-9-7-10(5-6-14)15(2)12(8)9/h3-4,7H,5-6,14H2,1-2H3. The van der Waals surface area contributed by atoms with E-state index in [-0.39, 0.29) is 0 Å². The molecule has 2 aromatic rings. The molecule has 0 atom stereocenters. The summed E-state index contributed by atoms with van der Waals surface area (Å²) < 4.78 is 2.18. The van der Waals surface area contributed by atoms with E-state index >= 15 is 0 Å². The topological polar surface area (TPSA) is 30.9 Å². The Labute approximate surface area is 94.6 Å². The summed E-state index contributed by atoms with van der Waals surface area (Å²) in [5.41, 5.74) is 9.19. The minimum absolute atomic E-state index is 0.678. The molecule has 15 heavy (non-hydrogen) atoms. The van der Waals surface area contributed by atoms with Crippen LogP contribution in [0.3, 0.4) is 0 Å². The van der Waals surface area contributed by atoms with E-state index in [4.69, 9.17) is 17.3 Å². The number of nitrogens with two attached hydrogens (primary N) is 1. The molecule has 0 unspecified atom stereocenters. The first-order valence-electron chi connectivity index (χ1n) is 5.08. The highest BCUT2D eigenvalue weighted by Crippen LogP contribution is 2.27. The van der Waals surface area contributed by atoms with Crippen molar-refractivity contribution in [3.05, 3.63) is 34.5 Å². The van der Waals surface area contributed by atoms with Gasteiger partial charge in [-0.15, -0.1) is 0 Å². The lowest BCUT2D eigenvalue weighted by molar-refractivity contribution is 0.826. The number of halogens is 1. The molecule has 2 N–H and O–H groups in total. The highest BCUT2D eigenvalue weighted by atomic mass is 35.5. The lowest BCUT2D eigenvalue weighted by Crippen LogP contribution is -2.06. The second kappa shape index (κ2) is 3.87. The Balaban J connectivity index is 2.72. The SMILES string of the molecule is Cc1c(Cl)ccc2cc(CCN)n(C)c12. The van der Waals surface area contributed by atoms with Gasteiger partial charge in [-0.25, -0.2) is 0 Å². The normalized spacial score (nSPS) is 11.2. The van der Waals surface area contributed by atoms with Gasteiger partial charge in [-0.1, -0.05) is 17.7 Å². The number of hydrogen-bond donors (Lipinski definition) is 1. The zero-order valence-corrected chi connectivity index (χ0v) is 9.80. The molecular weight excluding hydrogens is 208 g/mol. The van der Waals surface area contributed by atoms with E-state index < -0.39 is 0 Å². The molecule has 0 saturated heterocycles. The first-order valence-corrected chi connectivity index (χ1v) is 5.46. The summed E-state index contributed by atoms with van der Waals surface area (Å²) in [6.07, 6.45) is 0.905. The van der Waals surface area contributed by atoms with E-state index in [2.05, 4.69) is 30.7 Å². The average molecular weight is 223 g/mol. The van der Waals surface area contributed by atoms with Crippen LogP contribution in [0.5, 0.6) is 0 Å². The van der Waals surface area contributed by atoms with Gasteiger partial charge in [0.15, 0.2) is 0 Å². The molecule has 2 nitrogen and oxygen atoms in total.